The molecule has 17 heavy (non-hydrogen) atoms. The summed E-state index contributed by atoms with van der Waals surface area (Å²) in [5, 5.41) is 9.58. The summed E-state index contributed by atoms with van der Waals surface area (Å²) >= 11 is 5.75. The van der Waals surface area contributed by atoms with E-state index >= 15 is 0 Å². The van der Waals surface area contributed by atoms with Gasteiger partial charge in [-0.05, 0) is 32.9 Å². The molecular weight excluding hydrogens is 238 g/mol. The van der Waals surface area contributed by atoms with Crippen molar-refractivity contribution in [2.45, 2.75) is 26.9 Å². The lowest BCUT2D eigenvalue weighted by molar-refractivity contribution is -0.156. The molecule has 0 amide bonds. The Labute approximate surface area is 106 Å². The van der Waals surface area contributed by atoms with Crippen molar-refractivity contribution in [1.82, 2.24) is 0 Å². The minimum Gasteiger partial charge on any atom is -0.442 e. The molecule has 0 N–H and O–H groups in total. The second-order valence-electron chi connectivity index (χ2n) is 4.72. The number of nitriles is 1. The monoisotopic (exact) mass is 251 g/mol. The Bertz CT molecular complexity index is 440. The highest BCUT2D eigenvalue weighted by molar-refractivity contribution is 6.30. The van der Waals surface area contributed by atoms with Crippen LogP contribution in [-0.2, 0) is 9.53 Å². The third kappa shape index (κ3) is 3.76. The Hall–Kier alpha value is -1.53. The van der Waals surface area contributed by atoms with Gasteiger partial charge in [0.25, 0.3) is 0 Å². The quantitative estimate of drug-likeness (QED) is 0.756. The molecule has 0 aliphatic rings. The predicted octanol–water partition coefficient (Wildman–Crippen LogP) is 3.49. The zero-order valence-corrected chi connectivity index (χ0v) is 10.8. The lowest BCUT2D eigenvalue weighted by atomic mass is 9.97. The lowest BCUT2D eigenvalue weighted by Gasteiger charge is -2.19. The first kappa shape index (κ1) is 13.5. The van der Waals surface area contributed by atoms with Gasteiger partial charge < -0.3 is 4.74 Å². The largest absolute Gasteiger partial charge is 0.442 e. The molecule has 1 atom stereocenters. The molecule has 0 radical (unpaired) electrons. The molecule has 1 aromatic rings. The molecule has 0 aromatic heterocycles. The van der Waals surface area contributed by atoms with E-state index in [0.29, 0.717) is 10.6 Å². The number of nitrogens with zero attached hydrogens (tertiary/aromatic N) is 1. The maximum atomic E-state index is 11.7. The summed E-state index contributed by atoms with van der Waals surface area (Å²) in [6.45, 7) is 5.23. The molecule has 0 unspecified atom stereocenters. The Kier molecular flexibility index (Phi) is 4.14. The topological polar surface area (TPSA) is 50.1 Å². The molecule has 0 heterocycles. The summed E-state index contributed by atoms with van der Waals surface area (Å²) in [7, 11) is 0. The standard InChI is InChI=1S/C13H14ClNO2/c1-13(2,3)12(16)17-11(8-15)9-4-6-10(14)7-5-9/h4-7,11H,1-3H3/t11-/m1/s1. The minimum absolute atomic E-state index is 0.404. The first-order valence-electron chi connectivity index (χ1n) is 5.21. The highest BCUT2D eigenvalue weighted by Crippen LogP contribution is 2.24. The van der Waals surface area contributed by atoms with Gasteiger partial charge in [-0.1, -0.05) is 23.7 Å². The number of hydrogen-bond acceptors (Lipinski definition) is 3. The predicted molar refractivity (Wildman–Crippen MR) is 65.4 cm³/mol. The van der Waals surface area contributed by atoms with E-state index in [1.807, 2.05) is 6.07 Å². The van der Waals surface area contributed by atoms with Crippen molar-refractivity contribution in [1.29, 1.82) is 5.26 Å². The maximum Gasteiger partial charge on any atom is 0.312 e. The van der Waals surface area contributed by atoms with Gasteiger partial charge in [-0.3, -0.25) is 4.79 Å². The van der Waals surface area contributed by atoms with Crippen LogP contribution in [0, 0.1) is 16.7 Å². The number of ether oxygens (including phenoxy) is 1. The number of carbonyl (C=O) groups is 1. The van der Waals surface area contributed by atoms with E-state index in [0.717, 1.165) is 0 Å². The fourth-order valence-corrected chi connectivity index (χ4v) is 1.22. The number of halogens is 1. The first-order chi connectivity index (χ1) is 7.84. The number of benzene rings is 1. The van der Waals surface area contributed by atoms with Gasteiger partial charge in [0.2, 0.25) is 6.10 Å². The van der Waals surface area contributed by atoms with E-state index in [2.05, 4.69) is 0 Å². The van der Waals surface area contributed by atoms with Gasteiger partial charge in [0.15, 0.2) is 0 Å². The lowest BCUT2D eigenvalue weighted by Crippen LogP contribution is -2.24. The molecule has 1 aromatic carbocycles. The van der Waals surface area contributed by atoms with Gasteiger partial charge in [0, 0.05) is 10.6 Å². The van der Waals surface area contributed by atoms with Crippen LogP contribution in [0.1, 0.15) is 32.4 Å². The van der Waals surface area contributed by atoms with Gasteiger partial charge >= 0.3 is 5.97 Å². The normalized spacial score (nSPS) is 12.6. The highest BCUT2D eigenvalue weighted by atomic mass is 35.5. The van der Waals surface area contributed by atoms with Crippen molar-refractivity contribution < 1.29 is 9.53 Å². The van der Waals surface area contributed by atoms with Crippen molar-refractivity contribution in [3.8, 4) is 6.07 Å². The van der Waals surface area contributed by atoms with Gasteiger partial charge in [0.1, 0.15) is 6.07 Å². The highest BCUT2D eigenvalue weighted by Gasteiger charge is 2.26. The fraction of sp³-hybridized carbons (Fsp3) is 0.385. The van der Waals surface area contributed by atoms with Crippen LogP contribution in [0.4, 0.5) is 0 Å². The van der Waals surface area contributed by atoms with Gasteiger partial charge in [-0.2, -0.15) is 5.26 Å². The Morgan fingerprint density at radius 3 is 2.29 bits per heavy atom. The molecule has 0 saturated heterocycles. The second kappa shape index (κ2) is 5.20. The van der Waals surface area contributed by atoms with Crippen molar-refractivity contribution in [2.75, 3.05) is 0 Å². The summed E-state index contributed by atoms with van der Waals surface area (Å²) in [4.78, 5) is 11.7. The third-order valence-corrected chi connectivity index (χ3v) is 2.38. The van der Waals surface area contributed by atoms with Gasteiger partial charge in [-0.15, -0.1) is 0 Å². The van der Waals surface area contributed by atoms with Crippen LogP contribution in [0.2, 0.25) is 5.02 Å². The van der Waals surface area contributed by atoms with Crippen LogP contribution in [0.15, 0.2) is 24.3 Å². The first-order valence-corrected chi connectivity index (χ1v) is 5.58. The second-order valence-corrected chi connectivity index (χ2v) is 5.15. The molecule has 0 saturated carbocycles. The number of rotatable bonds is 2. The average molecular weight is 252 g/mol. The SMILES string of the molecule is CC(C)(C)C(=O)O[C@H](C#N)c1ccc(Cl)cc1. The van der Waals surface area contributed by atoms with Crippen molar-refractivity contribution in [2.24, 2.45) is 5.41 Å². The van der Waals surface area contributed by atoms with Crippen molar-refractivity contribution in [3.05, 3.63) is 34.9 Å². The molecule has 1 rings (SSSR count). The Morgan fingerprint density at radius 1 is 1.35 bits per heavy atom. The fourth-order valence-electron chi connectivity index (χ4n) is 1.09. The Balaban J connectivity index is 2.84. The van der Waals surface area contributed by atoms with Crippen LogP contribution < -0.4 is 0 Å². The third-order valence-electron chi connectivity index (χ3n) is 2.13. The maximum absolute atomic E-state index is 11.7. The van der Waals surface area contributed by atoms with E-state index < -0.39 is 17.5 Å². The van der Waals surface area contributed by atoms with Crippen LogP contribution in [-0.4, -0.2) is 5.97 Å². The molecule has 0 bridgehead atoms. The average Bonchev–Trinajstić information content (AvgIpc) is 2.25. The molecule has 90 valence electrons. The van der Waals surface area contributed by atoms with Crippen molar-refractivity contribution >= 4 is 17.6 Å². The number of esters is 1. The molecule has 0 spiro atoms. The zero-order valence-electron chi connectivity index (χ0n) is 10.0. The molecular formula is C13H14ClNO2. The van der Waals surface area contributed by atoms with Gasteiger partial charge in [0.05, 0.1) is 5.41 Å². The Morgan fingerprint density at radius 2 is 1.88 bits per heavy atom. The molecule has 0 aliphatic heterocycles. The summed E-state index contributed by atoms with van der Waals surface area (Å²) in [5.74, 6) is -0.404. The van der Waals surface area contributed by atoms with Crippen LogP contribution in [0.25, 0.3) is 0 Å². The molecule has 0 aliphatic carbocycles. The van der Waals surface area contributed by atoms with Crippen LogP contribution in [0.3, 0.4) is 0 Å². The van der Waals surface area contributed by atoms with Gasteiger partial charge in [-0.25, -0.2) is 0 Å². The van der Waals surface area contributed by atoms with E-state index in [1.54, 1.807) is 45.0 Å². The van der Waals surface area contributed by atoms with Crippen LogP contribution in [0.5, 0.6) is 0 Å². The minimum atomic E-state index is -0.890. The van der Waals surface area contributed by atoms with E-state index in [4.69, 9.17) is 21.6 Å². The molecule has 3 nitrogen and oxygen atoms in total. The van der Waals surface area contributed by atoms with Crippen LogP contribution >= 0.6 is 11.6 Å². The summed E-state index contributed by atoms with van der Waals surface area (Å²) < 4.78 is 5.15. The van der Waals surface area contributed by atoms with E-state index in [-0.39, 0.29) is 0 Å². The summed E-state index contributed by atoms with van der Waals surface area (Å²) in [6.07, 6.45) is -0.890. The van der Waals surface area contributed by atoms with Crippen molar-refractivity contribution in [3.63, 3.8) is 0 Å². The molecule has 4 heteroatoms. The van der Waals surface area contributed by atoms with E-state index in [9.17, 15) is 4.79 Å². The molecule has 0 fully saturated rings. The smallest absolute Gasteiger partial charge is 0.312 e. The zero-order chi connectivity index (χ0) is 13.1. The summed E-state index contributed by atoms with van der Waals surface area (Å²) in [6, 6.07) is 8.62. The summed E-state index contributed by atoms with van der Waals surface area (Å²) in [5.41, 5.74) is -0.00358. The number of carbonyl (C=O) groups excluding carboxylic acids is 1. The number of hydrogen-bond donors (Lipinski definition) is 0. The van der Waals surface area contributed by atoms with E-state index in [1.165, 1.54) is 0 Å².